The smallest absolute Gasteiger partial charge is 0.122 e. The fourth-order valence-corrected chi connectivity index (χ4v) is 0.855. The lowest BCUT2D eigenvalue weighted by atomic mass is 10.1. The summed E-state index contributed by atoms with van der Waals surface area (Å²) < 4.78 is 17.3. The number of allylic oxidation sites excluding steroid dienone is 3. The molecule has 0 aromatic heterocycles. The van der Waals surface area contributed by atoms with Crippen molar-refractivity contribution in [2.45, 2.75) is 6.42 Å². The molecule has 0 saturated heterocycles. The Morgan fingerprint density at radius 3 is 2.90 bits per heavy atom. The molecule has 1 nitrogen and oxygen atoms in total. The van der Waals surface area contributed by atoms with Crippen LogP contribution in [0.3, 0.4) is 0 Å². The zero-order chi connectivity index (χ0) is 7.56. The van der Waals surface area contributed by atoms with Gasteiger partial charge in [-0.05, 0) is 12.2 Å². The van der Waals surface area contributed by atoms with Crippen LogP contribution in [0.4, 0.5) is 4.39 Å². The lowest BCUT2D eigenvalue weighted by Gasteiger charge is -2.09. The van der Waals surface area contributed by atoms with E-state index in [4.69, 9.17) is 4.74 Å². The lowest BCUT2D eigenvalue weighted by Crippen LogP contribution is -1.94. The summed E-state index contributed by atoms with van der Waals surface area (Å²) in [5.74, 6) is 0.507. The van der Waals surface area contributed by atoms with Crippen LogP contribution >= 0.6 is 0 Å². The van der Waals surface area contributed by atoms with Crippen LogP contribution in [0.2, 0.25) is 0 Å². The van der Waals surface area contributed by atoms with Crippen LogP contribution in [0.25, 0.3) is 0 Å². The maximum atomic E-state index is 12.4. The van der Waals surface area contributed by atoms with Gasteiger partial charge in [0, 0.05) is 12.0 Å². The van der Waals surface area contributed by atoms with Crippen LogP contribution < -0.4 is 0 Å². The Hall–Kier alpha value is -1.05. The zero-order valence-electron chi connectivity index (χ0n) is 5.86. The largest absolute Gasteiger partial charge is 0.496 e. The molecule has 0 amide bonds. The molecule has 1 rings (SSSR count). The summed E-state index contributed by atoms with van der Waals surface area (Å²) in [6.07, 6.45) is 3.39. The molecule has 0 saturated carbocycles. The second-order valence-electron chi connectivity index (χ2n) is 2.09. The number of methoxy groups -OCH3 is 1. The molecular weight excluding hydrogens is 131 g/mol. The van der Waals surface area contributed by atoms with Crippen molar-refractivity contribution in [2.24, 2.45) is 0 Å². The van der Waals surface area contributed by atoms with E-state index in [9.17, 15) is 4.39 Å². The average Bonchev–Trinajstić information content (AvgIpc) is 1.88. The molecule has 54 valence electrons. The van der Waals surface area contributed by atoms with Gasteiger partial charge in [-0.15, -0.1) is 0 Å². The topological polar surface area (TPSA) is 9.23 Å². The molecule has 0 aliphatic heterocycles. The van der Waals surface area contributed by atoms with Crippen molar-refractivity contribution in [3.05, 3.63) is 35.9 Å². The van der Waals surface area contributed by atoms with Gasteiger partial charge in [-0.25, -0.2) is 4.39 Å². The Balaban J connectivity index is 2.76. The maximum Gasteiger partial charge on any atom is 0.122 e. The fourth-order valence-electron chi connectivity index (χ4n) is 0.855. The minimum atomic E-state index is -0.161. The fraction of sp³-hybridized carbons (Fsp3) is 0.250. The van der Waals surface area contributed by atoms with Gasteiger partial charge < -0.3 is 4.74 Å². The van der Waals surface area contributed by atoms with E-state index >= 15 is 0 Å². The highest BCUT2D eigenvalue weighted by Crippen LogP contribution is 2.21. The van der Waals surface area contributed by atoms with Gasteiger partial charge in [-0.1, -0.05) is 6.58 Å². The Morgan fingerprint density at radius 2 is 2.40 bits per heavy atom. The van der Waals surface area contributed by atoms with Gasteiger partial charge >= 0.3 is 0 Å². The predicted molar refractivity (Wildman–Crippen MR) is 38.0 cm³/mol. The van der Waals surface area contributed by atoms with Crippen molar-refractivity contribution in [3.63, 3.8) is 0 Å². The predicted octanol–water partition coefficient (Wildman–Crippen LogP) is 2.33. The van der Waals surface area contributed by atoms with Crippen LogP contribution in [-0.2, 0) is 4.74 Å². The molecule has 0 unspecified atom stereocenters. The van der Waals surface area contributed by atoms with Gasteiger partial charge in [0.05, 0.1) is 7.11 Å². The summed E-state index contributed by atoms with van der Waals surface area (Å²) in [7, 11) is 1.55. The van der Waals surface area contributed by atoms with E-state index in [-0.39, 0.29) is 5.83 Å². The summed E-state index contributed by atoms with van der Waals surface area (Å²) in [6.45, 7) is 3.61. The Morgan fingerprint density at radius 1 is 1.70 bits per heavy atom. The van der Waals surface area contributed by atoms with Gasteiger partial charge in [0.2, 0.25) is 0 Å². The SMILES string of the molecule is C=C1C=C(F)CC=C1OC. The molecule has 0 heterocycles. The Kier molecular flexibility index (Phi) is 1.90. The normalized spacial score (nSPS) is 18.0. The Labute approximate surface area is 59.5 Å². The third-order valence-electron chi connectivity index (χ3n) is 1.35. The zero-order valence-corrected chi connectivity index (χ0v) is 5.86. The molecule has 0 aromatic carbocycles. The minimum absolute atomic E-state index is 0.161. The summed E-state index contributed by atoms with van der Waals surface area (Å²) in [4.78, 5) is 0. The molecular formula is C8H9FO. The number of hydrogen-bond acceptors (Lipinski definition) is 1. The third-order valence-corrected chi connectivity index (χ3v) is 1.35. The summed E-state index contributed by atoms with van der Waals surface area (Å²) >= 11 is 0. The first-order valence-electron chi connectivity index (χ1n) is 3.03. The molecule has 1 aliphatic rings. The van der Waals surface area contributed by atoms with Gasteiger partial charge in [-0.2, -0.15) is 0 Å². The first-order chi connectivity index (χ1) is 4.74. The number of hydrogen-bond donors (Lipinski definition) is 0. The lowest BCUT2D eigenvalue weighted by molar-refractivity contribution is 0.299. The van der Waals surface area contributed by atoms with Crippen molar-refractivity contribution in [1.29, 1.82) is 0 Å². The molecule has 0 atom stereocenters. The number of rotatable bonds is 1. The second-order valence-corrected chi connectivity index (χ2v) is 2.09. The first kappa shape index (κ1) is 7.06. The number of ether oxygens (including phenoxy) is 1. The van der Waals surface area contributed by atoms with Crippen LogP contribution in [0, 0.1) is 0 Å². The highest BCUT2D eigenvalue weighted by Gasteiger charge is 2.07. The summed E-state index contributed by atoms with van der Waals surface area (Å²) in [5, 5.41) is 0. The van der Waals surface area contributed by atoms with Gasteiger partial charge in [0.15, 0.2) is 0 Å². The van der Waals surface area contributed by atoms with E-state index in [1.807, 2.05) is 0 Å². The van der Waals surface area contributed by atoms with E-state index in [0.717, 1.165) is 0 Å². The van der Waals surface area contributed by atoms with E-state index in [1.165, 1.54) is 6.08 Å². The molecule has 2 heteroatoms. The molecule has 0 bridgehead atoms. The molecule has 1 aliphatic carbocycles. The van der Waals surface area contributed by atoms with E-state index in [0.29, 0.717) is 17.8 Å². The quantitative estimate of drug-likeness (QED) is 0.543. The van der Waals surface area contributed by atoms with Gasteiger partial charge in [-0.3, -0.25) is 0 Å². The standard InChI is InChI=1S/C8H9FO/c1-6-5-7(9)3-4-8(6)10-2/h4-5H,1,3H2,2H3. The van der Waals surface area contributed by atoms with Crippen molar-refractivity contribution in [2.75, 3.05) is 7.11 Å². The molecule has 10 heavy (non-hydrogen) atoms. The van der Waals surface area contributed by atoms with Gasteiger partial charge in [0.25, 0.3) is 0 Å². The molecule has 0 N–H and O–H groups in total. The van der Waals surface area contributed by atoms with E-state index in [1.54, 1.807) is 13.2 Å². The highest BCUT2D eigenvalue weighted by molar-refractivity contribution is 5.38. The summed E-state index contributed by atoms with van der Waals surface area (Å²) in [5.41, 5.74) is 0.603. The molecule has 0 spiro atoms. The monoisotopic (exact) mass is 140 g/mol. The van der Waals surface area contributed by atoms with Crippen molar-refractivity contribution in [3.8, 4) is 0 Å². The van der Waals surface area contributed by atoms with Crippen LogP contribution in [0.15, 0.2) is 35.9 Å². The first-order valence-corrected chi connectivity index (χ1v) is 3.03. The van der Waals surface area contributed by atoms with Crippen molar-refractivity contribution < 1.29 is 9.13 Å². The molecule has 0 fully saturated rings. The third kappa shape index (κ3) is 1.26. The summed E-state index contributed by atoms with van der Waals surface area (Å²) in [6, 6.07) is 0. The maximum absolute atomic E-state index is 12.4. The average molecular weight is 140 g/mol. The van der Waals surface area contributed by atoms with Gasteiger partial charge in [0.1, 0.15) is 11.6 Å². The van der Waals surface area contributed by atoms with Crippen molar-refractivity contribution in [1.82, 2.24) is 0 Å². The van der Waals surface area contributed by atoms with Crippen LogP contribution in [0.5, 0.6) is 0 Å². The molecule has 0 radical (unpaired) electrons. The number of halogens is 1. The van der Waals surface area contributed by atoms with E-state index in [2.05, 4.69) is 6.58 Å². The Bertz CT molecular complexity index is 213. The second kappa shape index (κ2) is 2.69. The molecule has 0 aromatic rings. The van der Waals surface area contributed by atoms with E-state index < -0.39 is 0 Å². The minimum Gasteiger partial charge on any atom is -0.496 e. The van der Waals surface area contributed by atoms with Crippen molar-refractivity contribution >= 4 is 0 Å². The van der Waals surface area contributed by atoms with Crippen LogP contribution in [-0.4, -0.2) is 7.11 Å². The highest BCUT2D eigenvalue weighted by atomic mass is 19.1. The van der Waals surface area contributed by atoms with Crippen LogP contribution in [0.1, 0.15) is 6.42 Å².